The topological polar surface area (TPSA) is 84.9 Å². The summed E-state index contributed by atoms with van der Waals surface area (Å²) in [5.41, 5.74) is 5.86. The summed E-state index contributed by atoms with van der Waals surface area (Å²) in [6, 6.07) is -0.186. The zero-order valence-electron chi connectivity index (χ0n) is 10.1. The van der Waals surface area contributed by atoms with Crippen molar-refractivity contribution in [2.24, 2.45) is 22.7 Å². The van der Waals surface area contributed by atoms with Crippen molar-refractivity contribution in [3.63, 3.8) is 0 Å². The molecule has 3 N–H and O–H groups in total. The lowest BCUT2D eigenvalue weighted by Crippen LogP contribution is -2.32. The minimum Gasteiger partial charge on any atom is -0.481 e. The first kappa shape index (κ1) is 14.7. The number of rotatable bonds is 6. The van der Waals surface area contributed by atoms with E-state index in [-0.39, 0.29) is 30.9 Å². The molecule has 0 aromatic carbocycles. The maximum absolute atomic E-state index is 10.4. The Morgan fingerprint density at radius 3 is 3.11 bits per heavy atom. The van der Waals surface area contributed by atoms with Gasteiger partial charge in [0.1, 0.15) is 6.61 Å². The Balaban J connectivity index is 2.33. The Bertz CT molecular complexity index is 380. The Morgan fingerprint density at radius 2 is 2.50 bits per heavy atom. The molecule has 0 aliphatic heterocycles. The van der Waals surface area contributed by atoms with E-state index in [2.05, 4.69) is 5.16 Å². The van der Waals surface area contributed by atoms with Crippen LogP contribution < -0.4 is 5.73 Å². The molecule has 1 rings (SSSR count). The van der Waals surface area contributed by atoms with Crippen molar-refractivity contribution in [2.45, 2.75) is 19.4 Å². The summed E-state index contributed by atoms with van der Waals surface area (Å²) in [7, 11) is 0. The first-order valence-corrected chi connectivity index (χ1v) is 6.05. The van der Waals surface area contributed by atoms with E-state index in [0.717, 1.165) is 0 Å². The van der Waals surface area contributed by atoms with Gasteiger partial charge < -0.3 is 15.7 Å². The SMILES string of the molecule is C[C@H](/C=N/OCC1C(Cl)=CC=CC1N)CC(=O)O. The van der Waals surface area contributed by atoms with Gasteiger partial charge in [-0.1, -0.05) is 35.8 Å². The number of hydrogen-bond donors (Lipinski definition) is 2. The quantitative estimate of drug-likeness (QED) is 0.570. The molecule has 0 aromatic heterocycles. The van der Waals surface area contributed by atoms with Crippen molar-refractivity contribution < 1.29 is 14.7 Å². The molecular formula is C12H17ClN2O3. The van der Waals surface area contributed by atoms with Gasteiger partial charge >= 0.3 is 5.97 Å². The number of carbonyl (C=O) groups is 1. The molecule has 0 bridgehead atoms. The number of allylic oxidation sites excluding steroid dienone is 2. The van der Waals surface area contributed by atoms with Crippen molar-refractivity contribution >= 4 is 23.8 Å². The number of carboxylic acids is 1. The number of halogens is 1. The first-order valence-electron chi connectivity index (χ1n) is 5.67. The van der Waals surface area contributed by atoms with E-state index in [1.807, 2.05) is 12.2 Å². The minimum atomic E-state index is -0.862. The molecular weight excluding hydrogens is 256 g/mol. The van der Waals surface area contributed by atoms with Gasteiger partial charge in [0.05, 0.1) is 12.3 Å². The van der Waals surface area contributed by atoms with E-state index < -0.39 is 5.97 Å². The molecule has 0 fully saturated rings. The summed E-state index contributed by atoms with van der Waals surface area (Å²) < 4.78 is 0. The molecule has 1 aliphatic rings. The third-order valence-corrected chi connectivity index (χ3v) is 2.95. The van der Waals surface area contributed by atoms with E-state index >= 15 is 0 Å². The van der Waals surface area contributed by atoms with E-state index in [1.165, 1.54) is 6.21 Å². The van der Waals surface area contributed by atoms with Gasteiger partial charge in [-0.3, -0.25) is 4.79 Å². The van der Waals surface area contributed by atoms with Crippen LogP contribution in [0.2, 0.25) is 0 Å². The molecule has 3 atom stereocenters. The summed E-state index contributed by atoms with van der Waals surface area (Å²) in [4.78, 5) is 15.5. The van der Waals surface area contributed by atoms with E-state index in [9.17, 15) is 4.79 Å². The van der Waals surface area contributed by atoms with Gasteiger partial charge in [0, 0.05) is 23.2 Å². The van der Waals surface area contributed by atoms with Gasteiger partial charge in [0.2, 0.25) is 0 Å². The molecule has 1 aliphatic carbocycles. The minimum absolute atomic E-state index is 0.0270. The Morgan fingerprint density at radius 1 is 1.78 bits per heavy atom. The van der Waals surface area contributed by atoms with Crippen LogP contribution in [-0.2, 0) is 9.63 Å². The molecule has 5 nitrogen and oxygen atoms in total. The van der Waals surface area contributed by atoms with Crippen LogP contribution in [0.5, 0.6) is 0 Å². The fraction of sp³-hybridized carbons (Fsp3) is 0.500. The van der Waals surface area contributed by atoms with E-state index in [1.54, 1.807) is 13.0 Å². The lowest BCUT2D eigenvalue weighted by Gasteiger charge is -2.21. The lowest BCUT2D eigenvalue weighted by molar-refractivity contribution is -0.137. The number of hydrogen-bond acceptors (Lipinski definition) is 4. The summed E-state index contributed by atoms with van der Waals surface area (Å²) in [6.07, 6.45) is 6.92. The predicted molar refractivity (Wildman–Crippen MR) is 70.4 cm³/mol. The third-order valence-electron chi connectivity index (χ3n) is 2.55. The van der Waals surface area contributed by atoms with Crippen molar-refractivity contribution in [3.8, 4) is 0 Å². The molecule has 0 heterocycles. The van der Waals surface area contributed by atoms with Crippen LogP contribution in [-0.4, -0.2) is 29.9 Å². The van der Waals surface area contributed by atoms with Crippen LogP contribution in [0.3, 0.4) is 0 Å². The summed E-state index contributed by atoms with van der Waals surface area (Å²) in [5, 5.41) is 12.9. The standard InChI is InChI=1S/C12H17ClN2O3/c1-8(5-12(16)17)6-15-18-7-9-10(13)3-2-4-11(9)14/h2-4,6,8-9,11H,5,7,14H2,1H3,(H,16,17)/b15-6+/t8-,9?,11?/m0/s1. The number of nitrogens with zero attached hydrogens (tertiary/aromatic N) is 1. The van der Waals surface area contributed by atoms with E-state index in [0.29, 0.717) is 5.03 Å². The number of aliphatic carboxylic acids is 1. The van der Waals surface area contributed by atoms with Crippen molar-refractivity contribution in [1.29, 1.82) is 0 Å². The van der Waals surface area contributed by atoms with Crippen LogP contribution in [0, 0.1) is 11.8 Å². The zero-order valence-corrected chi connectivity index (χ0v) is 10.9. The summed E-state index contributed by atoms with van der Waals surface area (Å²) in [5.74, 6) is -1.14. The average molecular weight is 273 g/mol. The zero-order chi connectivity index (χ0) is 13.5. The third kappa shape index (κ3) is 4.89. The van der Waals surface area contributed by atoms with Gasteiger partial charge in [0.25, 0.3) is 0 Å². The molecule has 0 saturated carbocycles. The largest absolute Gasteiger partial charge is 0.481 e. The molecule has 0 radical (unpaired) electrons. The molecule has 18 heavy (non-hydrogen) atoms. The van der Waals surface area contributed by atoms with Crippen LogP contribution in [0.4, 0.5) is 0 Å². The number of oxime groups is 1. The fourth-order valence-electron chi connectivity index (χ4n) is 1.51. The average Bonchev–Trinajstić information content (AvgIpc) is 2.26. The van der Waals surface area contributed by atoms with E-state index in [4.69, 9.17) is 27.3 Å². The molecule has 0 aromatic rings. The second-order valence-electron chi connectivity index (χ2n) is 4.25. The normalized spacial score (nSPS) is 24.9. The van der Waals surface area contributed by atoms with Gasteiger partial charge in [-0.05, 0) is 6.08 Å². The highest BCUT2D eigenvalue weighted by molar-refractivity contribution is 6.30. The lowest BCUT2D eigenvalue weighted by atomic mass is 9.97. The maximum Gasteiger partial charge on any atom is 0.303 e. The van der Waals surface area contributed by atoms with Crippen LogP contribution in [0.1, 0.15) is 13.3 Å². The van der Waals surface area contributed by atoms with Gasteiger partial charge in [-0.25, -0.2) is 0 Å². The number of nitrogens with two attached hydrogens (primary N) is 1. The highest BCUT2D eigenvalue weighted by Gasteiger charge is 2.21. The maximum atomic E-state index is 10.4. The monoisotopic (exact) mass is 272 g/mol. The first-order chi connectivity index (χ1) is 8.50. The summed E-state index contributed by atoms with van der Waals surface area (Å²) >= 11 is 6.01. The molecule has 6 heteroatoms. The van der Waals surface area contributed by atoms with Crippen LogP contribution in [0.15, 0.2) is 28.4 Å². The van der Waals surface area contributed by atoms with Gasteiger partial charge in [0.15, 0.2) is 0 Å². The molecule has 0 spiro atoms. The second-order valence-corrected chi connectivity index (χ2v) is 4.68. The Hall–Kier alpha value is -1.33. The van der Waals surface area contributed by atoms with Crippen molar-refractivity contribution in [2.75, 3.05) is 6.61 Å². The molecule has 0 saturated heterocycles. The second kappa shape index (κ2) is 7.18. The Labute approximate surface area is 111 Å². The fourth-order valence-corrected chi connectivity index (χ4v) is 1.79. The Kier molecular flexibility index (Phi) is 5.88. The summed E-state index contributed by atoms with van der Waals surface area (Å²) in [6.45, 7) is 2.03. The highest BCUT2D eigenvalue weighted by Crippen LogP contribution is 2.23. The van der Waals surface area contributed by atoms with Crippen LogP contribution in [0.25, 0.3) is 0 Å². The van der Waals surface area contributed by atoms with Gasteiger partial charge in [-0.15, -0.1) is 0 Å². The molecule has 2 unspecified atom stereocenters. The van der Waals surface area contributed by atoms with Crippen molar-refractivity contribution in [3.05, 3.63) is 23.3 Å². The van der Waals surface area contributed by atoms with Crippen LogP contribution >= 0.6 is 11.6 Å². The predicted octanol–water partition coefficient (Wildman–Crippen LogP) is 1.74. The molecule has 100 valence electrons. The van der Waals surface area contributed by atoms with Gasteiger partial charge in [-0.2, -0.15) is 0 Å². The molecule has 0 amide bonds. The number of carboxylic acid groups (broad SMARTS) is 1. The smallest absolute Gasteiger partial charge is 0.303 e. The van der Waals surface area contributed by atoms with Crippen molar-refractivity contribution in [1.82, 2.24) is 0 Å². The highest BCUT2D eigenvalue weighted by atomic mass is 35.5.